The molecule has 2 rings (SSSR count). The topological polar surface area (TPSA) is 76.6 Å². The molecule has 0 unspecified atom stereocenters. The molecule has 0 aliphatic carbocycles. The molecule has 8 heteroatoms. The SMILES string of the molecule is CCN(CC)C(=O)c1c(Cl)nc2ncccc2c1NCC(OC)OC. The quantitative estimate of drug-likeness (QED) is 0.572. The number of amides is 1. The Morgan fingerprint density at radius 2 is 2.00 bits per heavy atom. The minimum atomic E-state index is -0.463. The van der Waals surface area contributed by atoms with Gasteiger partial charge in [-0.2, -0.15) is 0 Å². The molecule has 2 aromatic heterocycles. The van der Waals surface area contributed by atoms with Crippen molar-refractivity contribution in [1.29, 1.82) is 0 Å². The van der Waals surface area contributed by atoms with E-state index in [0.29, 0.717) is 41.9 Å². The number of aromatic nitrogens is 2. The van der Waals surface area contributed by atoms with Gasteiger partial charge in [0.1, 0.15) is 10.7 Å². The number of methoxy groups -OCH3 is 2. The molecule has 2 heterocycles. The van der Waals surface area contributed by atoms with Crippen LogP contribution < -0.4 is 5.32 Å². The number of carbonyl (C=O) groups is 1. The van der Waals surface area contributed by atoms with E-state index in [1.54, 1.807) is 31.4 Å². The molecule has 2 aromatic rings. The van der Waals surface area contributed by atoms with Crippen LogP contribution in [0.5, 0.6) is 0 Å². The normalized spacial score (nSPS) is 11.1. The molecule has 0 aliphatic heterocycles. The molecule has 0 atom stereocenters. The number of anilines is 1. The Balaban J connectivity index is 2.56. The van der Waals surface area contributed by atoms with E-state index in [0.717, 1.165) is 0 Å². The van der Waals surface area contributed by atoms with Gasteiger partial charge in [-0.3, -0.25) is 4.79 Å². The molecule has 136 valence electrons. The predicted octanol–water partition coefficient (Wildman–Crippen LogP) is 2.80. The van der Waals surface area contributed by atoms with Crippen molar-refractivity contribution in [2.45, 2.75) is 20.1 Å². The van der Waals surface area contributed by atoms with Crippen LogP contribution >= 0.6 is 11.6 Å². The van der Waals surface area contributed by atoms with Crippen molar-refractivity contribution in [3.8, 4) is 0 Å². The average Bonchev–Trinajstić information content (AvgIpc) is 2.63. The number of ether oxygens (including phenoxy) is 2. The lowest BCUT2D eigenvalue weighted by atomic mass is 10.1. The summed E-state index contributed by atoms with van der Waals surface area (Å²) >= 11 is 6.34. The second-order valence-electron chi connectivity index (χ2n) is 5.29. The minimum absolute atomic E-state index is 0.122. The number of hydrogen-bond donors (Lipinski definition) is 1. The third-order valence-corrected chi connectivity index (χ3v) is 4.23. The van der Waals surface area contributed by atoms with Gasteiger partial charge < -0.3 is 19.7 Å². The Morgan fingerprint density at radius 1 is 1.32 bits per heavy atom. The summed E-state index contributed by atoms with van der Waals surface area (Å²) < 4.78 is 10.4. The summed E-state index contributed by atoms with van der Waals surface area (Å²) in [6.45, 7) is 5.34. The van der Waals surface area contributed by atoms with E-state index < -0.39 is 6.29 Å². The number of pyridine rings is 2. The smallest absolute Gasteiger partial charge is 0.259 e. The molecule has 0 bridgehead atoms. The minimum Gasteiger partial charge on any atom is -0.379 e. The van der Waals surface area contributed by atoms with E-state index in [1.807, 2.05) is 19.9 Å². The number of fused-ring (bicyclic) bond motifs is 1. The first-order valence-corrected chi connectivity index (χ1v) is 8.48. The third-order valence-electron chi connectivity index (χ3n) is 3.95. The molecule has 0 aliphatic rings. The highest BCUT2D eigenvalue weighted by molar-refractivity contribution is 6.34. The van der Waals surface area contributed by atoms with Crippen LogP contribution in [0.1, 0.15) is 24.2 Å². The molecule has 7 nitrogen and oxygen atoms in total. The maximum absolute atomic E-state index is 13.0. The fourth-order valence-electron chi connectivity index (χ4n) is 2.56. The Morgan fingerprint density at radius 3 is 2.60 bits per heavy atom. The lowest BCUT2D eigenvalue weighted by Crippen LogP contribution is -2.32. The van der Waals surface area contributed by atoms with Gasteiger partial charge in [0.15, 0.2) is 11.9 Å². The highest BCUT2D eigenvalue weighted by Crippen LogP contribution is 2.31. The van der Waals surface area contributed by atoms with E-state index in [-0.39, 0.29) is 11.1 Å². The molecule has 0 spiro atoms. The lowest BCUT2D eigenvalue weighted by molar-refractivity contribution is -0.0914. The van der Waals surface area contributed by atoms with Crippen LogP contribution in [0.3, 0.4) is 0 Å². The second kappa shape index (κ2) is 8.94. The van der Waals surface area contributed by atoms with Gasteiger partial charge in [0.2, 0.25) is 0 Å². The van der Waals surface area contributed by atoms with Crippen molar-refractivity contribution < 1.29 is 14.3 Å². The molecule has 0 saturated heterocycles. The van der Waals surface area contributed by atoms with Gasteiger partial charge in [0.05, 0.1) is 12.2 Å². The monoisotopic (exact) mass is 366 g/mol. The molecule has 25 heavy (non-hydrogen) atoms. The van der Waals surface area contributed by atoms with Crippen molar-refractivity contribution in [3.63, 3.8) is 0 Å². The van der Waals surface area contributed by atoms with Crippen LogP contribution in [0.4, 0.5) is 5.69 Å². The first-order chi connectivity index (χ1) is 12.1. The number of hydrogen-bond acceptors (Lipinski definition) is 6. The molecular formula is C17H23ClN4O3. The van der Waals surface area contributed by atoms with Crippen molar-refractivity contribution in [2.75, 3.05) is 39.2 Å². The van der Waals surface area contributed by atoms with E-state index in [9.17, 15) is 4.79 Å². The predicted molar refractivity (Wildman–Crippen MR) is 98.1 cm³/mol. The van der Waals surface area contributed by atoms with Gasteiger partial charge in [0.25, 0.3) is 5.91 Å². The Hall–Kier alpha value is -1.96. The lowest BCUT2D eigenvalue weighted by Gasteiger charge is -2.23. The Labute approximate surface area is 152 Å². The van der Waals surface area contributed by atoms with Crippen molar-refractivity contribution in [1.82, 2.24) is 14.9 Å². The van der Waals surface area contributed by atoms with Crippen LogP contribution in [0, 0.1) is 0 Å². The number of rotatable bonds is 8. The number of halogens is 1. The van der Waals surface area contributed by atoms with Gasteiger partial charge in [-0.05, 0) is 26.0 Å². The van der Waals surface area contributed by atoms with Crippen molar-refractivity contribution >= 4 is 34.2 Å². The zero-order valence-electron chi connectivity index (χ0n) is 14.9. The fourth-order valence-corrected chi connectivity index (χ4v) is 2.82. The average molecular weight is 367 g/mol. The van der Waals surface area contributed by atoms with Crippen molar-refractivity contribution in [2.24, 2.45) is 0 Å². The molecule has 0 aromatic carbocycles. The Kier molecular flexibility index (Phi) is 6.92. The summed E-state index contributed by atoms with van der Waals surface area (Å²) in [5, 5.41) is 4.06. The number of nitrogens with zero attached hydrogens (tertiary/aromatic N) is 3. The van der Waals surface area contributed by atoms with Gasteiger partial charge in [-0.25, -0.2) is 9.97 Å². The van der Waals surface area contributed by atoms with Gasteiger partial charge in [0, 0.05) is 38.9 Å². The second-order valence-corrected chi connectivity index (χ2v) is 5.64. The van der Waals surface area contributed by atoms with E-state index in [2.05, 4.69) is 15.3 Å². The third kappa shape index (κ3) is 4.18. The fraction of sp³-hybridized carbons (Fsp3) is 0.471. The molecule has 1 amide bonds. The molecule has 1 N–H and O–H groups in total. The highest BCUT2D eigenvalue weighted by atomic mass is 35.5. The van der Waals surface area contributed by atoms with Crippen LogP contribution in [0.2, 0.25) is 5.15 Å². The largest absolute Gasteiger partial charge is 0.379 e. The number of nitrogens with one attached hydrogen (secondary N) is 1. The summed E-state index contributed by atoms with van der Waals surface area (Å²) in [6.07, 6.45) is 1.17. The summed E-state index contributed by atoms with van der Waals surface area (Å²) in [6, 6.07) is 3.64. The first kappa shape index (κ1) is 19.4. The first-order valence-electron chi connectivity index (χ1n) is 8.10. The maximum Gasteiger partial charge on any atom is 0.259 e. The van der Waals surface area contributed by atoms with Gasteiger partial charge >= 0.3 is 0 Å². The van der Waals surface area contributed by atoms with Crippen molar-refractivity contribution in [3.05, 3.63) is 29.0 Å². The summed E-state index contributed by atoms with van der Waals surface area (Å²) in [5.41, 5.74) is 1.38. The summed E-state index contributed by atoms with van der Waals surface area (Å²) in [4.78, 5) is 23.2. The molecule has 0 fully saturated rings. The summed E-state index contributed by atoms with van der Waals surface area (Å²) in [5.74, 6) is -0.179. The van der Waals surface area contributed by atoms with Crippen LogP contribution in [0.25, 0.3) is 11.0 Å². The standard InChI is InChI=1S/C17H23ClN4O3/c1-5-22(6-2)17(23)13-14(20-10-12(24-3)25-4)11-8-7-9-19-16(11)21-15(13)18/h7-9,12H,5-6,10H2,1-4H3,(H,19,20,21). The molecule has 0 radical (unpaired) electrons. The summed E-state index contributed by atoms with van der Waals surface area (Å²) in [7, 11) is 3.11. The molecule has 0 saturated carbocycles. The zero-order valence-corrected chi connectivity index (χ0v) is 15.6. The van der Waals surface area contributed by atoms with Crippen LogP contribution in [-0.2, 0) is 9.47 Å². The van der Waals surface area contributed by atoms with Crippen LogP contribution in [-0.4, -0.2) is 60.9 Å². The van der Waals surface area contributed by atoms with Gasteiger partial charge in [-0.15, -0.1) is 0 Å². The van der Waals surface area contributed by atoms with Crippen LogP contribution in [0.15, 0.2) is 18.3 Å². The zero-order chi connectivity index (χ0) is 18.4. The highest BCUT2D eigenvalue weighted by Gasteiger charge is 2.24. The van der Waals surface area contributed by atoms with E-state index >= 15 is 0 Å². The van der Waals surface area contributed by atoms with Gasteiger partial charge in [-0.1, -0.05) is 11.6 Å². The maximum atomic E-state index is 13.0. The number of carbonyl (C=O) groups excluding carboxylic acids is 1. The van der Waals surface area contributed by atoms with E-state index in [4.69, 9.17) is 21.1 Å². The Bertz CT molecular complexity index is 733. The van der Waals surface area contributed by atoms with E-state index in [1.165, 1.54) is 0 Å². The molecular weight excluding hydrogens is 344 g/mol.